The van der Waals surface area contributed by atoms with E-state index in [0.717, 1.165) is 19.4 Å². The van der Waals surface area contributed by atoms with Gasteiger partial charge in [-0.2, -0.15) is 0 Å². The molecule has 0 radical (unpaired) electrons. The summed E-state index contributed by atoms with van der Waals surface area (Å²) in [6.45, 7) is 4.67. The van der Waals surface area contributed by atoms with E-state index in [0.29, 0.717) is 17.2 Å². The van der Waals surface area contributed by atoms with E-state index in [1.165, 1.54) is 23.3 Å². The minimum Gasteiger partial charge on any atom is -0.310 e. The molecular formula is C18H19F2N. The van der Waals surface area contributed by atoms with Gasteiger partial charge in [-0.3, -0.25) is 0 Å². The van der Waals surface area contributed by atoms with Crippen molar-refractivity contribution in [1.82, 2.24) is 5.32 Å². The van der Waals surface area contributed by atoms with E-state index >= 15 is 0 Å². The second-order valence-corrected chi connectivity index (χ2v) is 5.62. The minimum absolute atomic E-state index is 0.0877. The lowest BCUT2D eigenvalue weighted by Gasteiger charge is -2.13. The quantitative estimate of drug-likeness (QED) is 0.874. The Labute approximate surface area is 124 Å². The molecule has 1 N–H and O–H groups in total. The molecule has 3 rings (SSSR count). The summed E-state index contributed by atoms with van der Waals surface area (Å²) in [7, 11) is 0. The Balaban J connectivity index is 2.05. The predicted octanol–water partition coefficient (Wildman–Crippen LogP) is 4.54. The first kappa shape index (κ1) is 14.2. The van der Waals surface area contributed by atoms with E-state index in [2.05, 4.69) is 12.2 Å². The highest BCUT2D eigenvalue weighted by atomic mass is 19.1. The maximum Gasteiger partial charge on any atom is 0.136 e. The van der Waals surface area contributed by atoms with Crippen LogP contribution < -0.4 is 5.32 Å². The van der Waals surface area contributed by atoms with Crippen molar-refractivity contribution >= 4 is 0 Å². The fourth-order valence-corrected chi connectivity index (χ4v) is 3.15. The van der Waals surface area contributed by atoms with Crippen molar-refractivity contribution in [2.45, 2.75) is 32.7 Å². The van der Waals surface area contributed by atoms with Gasteiger partial charge in [-0.15, -0.1) is 0 Å². The first-order chi connectivity index (χ1) is 10.1. The highest BCUT2D eigenvalue weighted by Crippen LogP contribution is 2.36. The van der Waals surface area contributed by atoms with Gasteiger partial charge in [0.15, 0.2) is 0 Å². The van der Waals surface area contributed by atoms with E-state index < -0.39 is 11.6 Å². The Hall–Kier alpha value is -1.74. The average Bonchev–Trinajstić information content (AvgIpc) is 2.87. The number of rotatable bonds is 3. The minimum atomic E-state index is -0.501. The monoisotopic (exact) mass is 287 g/mol. The van der Waals surface area contributed by atoms with Crippen LogP contribution in [-0.2, 0) is 6.42 Å². The molecular weight excluding hydrogens is 268 g/mol. The van der Waals surface area contributed by atoms with Gasteiger partial charge in [0.1, 0.15) is 11.6 Å². The van der Waals surface area contributed by atoms with Gasteiger partial charge in [0.05, 0.1) is 5.56 Å². The lowest BCUT2D eigenvalue weighted by atomic mass is 9.97. The van der Waals surface area contributed by atoms with Crippen molar-refractivity contribution in [3.8, 4) is 11.1 Å². The number of nitrogens with one attached hydrogen (secondary N) is 1. The third-order valence-electron chi connectivity index (χ3n) is 4.24. The molecule has 0 heterocycles. The van der Waals surface area contributed by atoms with Crippen LogP contribution in [0.2, 0.25) is 0 Å². The summed E-state index contributed by atoms with van der Waals surface area (Å²) in [6.07, 6.45) is 2.00. The summed E-state index contributed by atoms with van der Waals surface area (Å²) in [4.78, 5) is 0. The van der Waals surface area contributed by atoms with Gasteiger partial charge in [0.25, 0.3) is 0 Å². The Bertz CT molecular complexity index is 679. The zero-order chi connectivity index (χ0) is 15.0. The molecule has 3 heteroatoms. The summed E-state index contributed by atoms with van der Waals surface area (Å²) < 4.78 is 28.3. The number of benzene rings is 2. The Morgan fingerprint density at radius 2 is 2.00 bits per heavy atom. The van der Waals surface area contributed by atoms with E-state index in [1.807, 2.05) is 18.2 Å². The summed E-state index contributed by atoms with van der Waals surface area (Å²) in [5.41, 5.74) is 3.64. The molecule has 0 aromatic heterocycles. The molecule has 1 aliphatic rings. The summed E-state index contributed by atoms with van der Waals surface area (Å²) in [5.74, 6) is -0.963. The van der Waals surface area contributed by atoms with Crippen molar-refractivity contribution < 1.29 is 8.78 Å². The van der Waals surface area contributed by atoms with Gasteiger partial charge >= 0.3 is 0 Å². The second-order valence-electron chi connectivity index (χ2n) is 5.62. The van der Waals surface area contributed by atoms with E-state index in [9.17, 15) is 8.78 Å². The van der Waals surface area contributed by atoms with Crippen LogP contribution in [0, 0.1) is 18.6 Å². The zero-order valence-electron chi connectivity index (χ0n) is 12.3. The van der Waals surface area contributed by atoms with Crippen molar-refractivity contribution in [2.24, 2.45) is 0 Å². The number of aryl methyl sites for hydroxylation is 2. The van der Waals surface area contributed by atoms with E-state index in [1.54, 1.807) is 6.92 Å². The lowest BCUT2D eigenvalue weighted by Crippen LogP contribution is -2.18. The molecule has 2 aromatic carbocycles. The van der Waals surface area contributed by atoms with Gasteiger partial charge in [-0.05, 0) is 54.6 Å². The van der Waals surface area contributed by atoms with Crippen LogP contribution in [0.5, 0.6) is 0 Å². The van der Waals surface area contributed by atoms with Crippen LogP contribution in [0.25, 0.3) is 11.1 Å². The summed E-state index contributed by atoms with van der Waals surface area (Å²) in [5, 5.41) is 3.44. The fourth-order valence-electron chi connectivity index (χ4n) is 3.15. The molecule has 0 spiro atoms. The molecule has 1 unspecified atom stereocenters. The first-order valence-electron chi connectivity index (χ1n) is 7.43. The van der Waals surface area contributed by atoms with Gasteiger partial charge in [0, 0.05) is 6.04 Å². The van der Waals surface area contributed by atoms with Crippen molar-refractivity contribution in [2.75, 3.05) is 6.54 Å². The topological polar surface area (TPSA) is 12.0 Å². The number of fused-ring (bicyclic) bond motifs is 1. The maximum atomic E-state index is 14.2. The molecule has 0 saturated carbocycles. The van der Waals surface area contributed by atoms with Crippen molar-refractivity contribution in [3.63, 3.8) is 0 Å². The average molecular weight is 287 g/mol. The molecule has 2 aromatic rings. The fraction of sp³-hybridized carbons (Fsp3) is 0.333. The van der Waals surface area contributed by atoms with E-state index in [4.69, 9.17) is 0 Å². The Morgan fingerprint density at radius 3 is 2.76 bits per heavy atom. The molecule has 0 aliphatic heterocycles. The van der Waals surface area contributed by atoms with Crippen LogP contribution in [0.15, 0.2) is 30.3 Å². The number of hydrogen-bond acceptors (Lipinski definition) is 1. The van der Waals surface area contributed by atoms with Gasteiger partial charge < -0.3 is 5.32 Å². The first-order valence-corrected chi connectivity index (χ1v) is 7.43. The predicted molar refractivity (Wildman–Crippen MR) is 81.3 cm³/mol. The molecule has 1 nitrogen and oxygen atoms in total. The smallest absolute Gasteiger partial charge is 0.136 e. The summed E-state index contributed by atoms with van der Waals surface area (Å²) in [6, 6.07) is 8.95. The maximum absolute atomic E-state index is 14.2. The molecule has 0 bridgehead atoms. The van der Waals surface area contributed by atoms with Gasteiger partial charge in [-0.25, -0.2) is 8.78 Å². The molecule has 0 saturated heterocycles. The molecule has 0 amide bonds. The Kier molecular flexibility index (Phi) is 3.77. The normalized spacial score (nSPS) is 17.0. The van der Waals surface area contributed by atoms with Crippen molar-refractivity contribution in [3.05, 3.63) is 58.7 Å². The summed E-state index contributed by atoms with van der Waals surface area (Å²) >= 11 is 0. The highest BCUT2D eigenvalue weighted by molar-refractivity contribution is 5.67. The number of hydrogen-bond donors (Lipinski definition) is 1. The standard InChI is InChI=1S/C18H19F2N/c1-3-21-16-9-6-12-10-13(5-7-14(12)16)17-15(19)8-4-11(2)18(17)20/h4-5,7-8,10,16,21H,3,6,9H2,1-2H3. The molecule has 0 fully saturated rings. The largest absolute Gasteiger partial charge is 0.310 e. The van der Waals surface area contributed by atoms with Crippen LogP contribution in [0.1, 0.15) is 36.1 Å². The molecule has 110 valence electrons. The second kappa shape index (κ2) is 5.57. The van der Waals surface area contributed by atoms with Crippen LogP contribution in [0.3, 0.4) is 0 Å². The van der Waals surface area contributed by atoms with Crippen LogP contribution in [-0.4, -0.2) is 6.54 Å². The number of halogens is 2. The van der Waals surface area contributed by atoms with Crippen LogP contribution >= 0.6 is 0 Å². The third-order valence-corrected chi connectivity index (χ3v) is 4.24. The highest BCUT2D eigenvalue weighted by Gasteiger charge is 2.23. The SMILES string of the molecule is CCNC1CCc2cc(-c3c(F)ccc(C)c3F)ccc21. The van der Waals surface area contributed by atoms with Crippen molar-refractivity contribution in [1.29, 1.82) is 0 Å². The molecule has 21 heavy (non-hydrogen) atoms. The lowest BCUT2D eigenvalue weighted by molar-refractivity contribution is 0.549. The Morgan fingerprint density at radius 1 is 1.19 bits per heavy atom. The molecule has 1 aliphatic carbocycles. The van der Waals surface area contributed by atoms with E-state index in [-0.39, 0.29) is 5.56 Å². The van der Waals surface area contributed by atoms with Crippen LogP contribution in [0.4, 0.5) is 8.78 Å². The third kappa shape index (κ3) is 2.46. The van der Waals surface area contributed by atoms with Gasteiger partial charge in [0.2, 0.25) is 0 Å². The van der Waals surface area contributed by atoms with Gasteiger partial charge in [-0.1, -0.05) is 31.2 Å². The zero-order valence-corrected chi connectivity index (χ0v) is 12.3. The molecule has 1 atom stereocenters.